The van der Waals surface area contributed by atoms with Gasteiger partial charge in [0.25, 0.3) is 0 Å². The zero-order chi connectivity index (χ0) is 92.8. The highest BCUT2D eigenvalue weighted by molar-refractivity contribution is 5.90. The predicted molar refractivity (Wildman–Crippen MR) is 478 cm³/mol. The number of carbonyl (C=O) groups is 12. The highest BCUT2D eigenvalue weighted by Gasteiger charge is 2.65. The van der Waals surface area contributed by atoms with Crippen molar-refractivity contribution in [2.75, 3.05) is 39.6 Å². The Kier molecular flexibility index (Phi) is 31.9. The second kappa shape index (κ2) is 41.7. The molecule has 0 aromatic carbocycles. The van der Waals surface area contributed by atoms with E-state index in [0.717, 1.165) is 128 Å². The van der Waals surface area contributed by atoms with Gasteiger partial charge in [0.1, 0.15) is 34.6 Å². The smallest absolute Gasteiger partial charge is 0.344 e. The van der Waals surface area contributed by atoms with E-state index in [1.807, 2.05) is 0 Å². The Morgan fingerprint density at radius 3 is 0.736 bits per heavy atom. The molecule has 6 atom stereocenters. The number of ether oxygens (including phenoxy) is 12. The lowest BCUT2D eigenvalue weighted by molar-refractivity contribution is -0.215. The van der Waals surface area contributed by atoms with Gasteiger partial charge in [-0.25, -0.2) is 57.5 Å². The second-order valence-electron chi connectivity index (χ2n) is 43.9. The minimum Gasteiger partial charge on any atom is -0.459 e. The summed E-state index contributed by atoms with van der Waals surface area (Å²) in [5, 5.41) is 0. The molecule has 0 heterocycles. The van der Waals surface area contributed by atoms with Gasteiger partial charge in [-0.3, -0.25) is 0 Å². The van der Waals surface area contributed by atoms with Gasteiger partial charge in [-0.2, -0.15) is 0 Å². The van der Waals surface area contributed by atoms with Crippen LogP contribution in [0, 0.1) is 141 Å². The van der Waals surface area contributed by atoms with Crippen LogP contribution >= 0.6 is 0 Å². The van der Waals surface area contributed by atoms with Gasteiger partial charge in [0.05, 0.1) is 0 Å². The third-order valence-corrected chi connectivity index (χ3v) is 35.3. The maximum absolute atomic E-state index is 12.3. The molecule has 714 valence electrons. The molecule has 0 aliphatic heterocycles. The van der Waals surface area contributed by atoms with Gasteiger partial charge in [-0.1, -0.05) is 80.0 Å². The van der Waals surface area contributed by atoms with Gasteiger partial charge in [0, 0.05) is 45.8 Å². The number of hydrogen-bond acceptors (Lipinski definition) is 24. The summed E-state index contributed by atoms with van der Waals surface area (Å²) in [4.78, 5) is 140. The minimum atomic E-state index is -0.586. The number of carbonyl (C=O) groups excluding carboxylic acids is 12. The molecule has 24 aliphatic rings. The molecular formula is C105H150O24. The van der Waals surface area contributed by atoms with Crippen LogP contribution < -0.4 is 0 Å². The molecule has 24 bridgehead atoms. The van der Waals surface area contributed by atoms with Gasteiger partial charge in [-0.15, -0.1) is 0 Å². The van der Waals surface area contributed by atoms with E-state index in [-0.39, 0.29) is 85.1 Å². The number of hydrogen-bond donors (Lipinski definition) is 0. The Labute approximate surface area is 765 Å². The lowest BCUT2D eigenvalue weighted by Crippen LogP contribution is -2.59. The predicted octanol–water partition coefficient (Wildman–Crippen LogP) is 18.4. The largest absolute Gasteiger partial charge is 0.459 e. The van der Waals surface area contributed by atoms with Gasteiger partial charge in [0.2, 0.25) is 0 Å². The summed E-state index contributed by atoms with van der Waals surface area (Å²) in [7, 11) is 0. The first-order valence-corrected chi connectivity index (χ1v) is 49.5. The van der Waals surface area contributed by atoms with Crippen LogP contribution in [0.15, 0.2) is 74.4 Å². The summed E-state index contributed by atoms with van der Waals surface area (Å²) in [6.07, 6.45) is 46.1. The molecule has 0 amide bonds. The second-order valence-corrected chi connectivity index (χ2v) is 43.9. The molecule has 0 spiro atoms. The van der Waals surface area contributed by atoms with Crippen molar-refractivity contribution in [1.82, 2.24) is 0 Å². The van der Waals surface area contributed by atoms with E-state index in [1.54, 1.807) is 20.8 Å². The minimum absolute atomic E-state index is 0.0151. The maximum Gasteiger partial charge on any atom is 0.344 e. The summed E-state index contributed by atoms with van der Waals surface area (Å²) < 4.78 is 64.3. The zero-order valence-corrected chi connectivity index (χ0v) is 78.8. The van der Waals surface area contributed by atoms with E-state index in [2.05, 4.69) is 81.0 Å². The summed E-state index contributed by atoms with van der Waals surface area (Å²) >= 11 is 0. The molecule has 24 heteroatoms. The summed E-state index contributed by atoms with van der Waals surface area (Å²) in [6, 6.07) is 0. The monoisotopic (exact) mass is 1800 g/mol. The molecule has 24 fully saturated rings. The van der Waals surface area contributed by atoms with Crippen LogP contribution in [-0.2, 0) is 114 Å². The Hall–Kier alpha value is -7.92. The van der Waals surface area contributed by atoms with Crippen molar-refractivity contribution in [3.63, 3.8) is 0 Å². The molecule has 0 saturated heterocycles. The zero-order valence-electron chi connectivity index (χ0n) is 78.8. The molecule has 24 saturated carbocycles. The summed E-state index contributed by atoms with van der Waals surface area (Å²) in [5.41, 5.74) is -0.0953. The first-order chi connectivity index (χ1) is 61.4. The van der Waals surface area contributed by atoms with Crippen molar-refractivity contribution in [3.05, 3.63) is 74.4 Å². The van der Waals surface area contributed by atoms with Crippen LogP contribution in [-0.4, -0.2) is 146 Å². The van der Waals surface area contributed by atoms with Crippen LogP contribution in [0.1, 0.15) is 293 Å². The first kappa shape index (κ1) is 98.6. The van der Waals surface area contributed by atoms with Gasteiger partial charge >= 0.3 is 71.6 Å². The number of esters is 12. The van der Waals surface area contributed by atoms with Crippen molar-refractivity contribution in [3.8, 4) is 0 Å². The highest BCUT2D eigenvalue weighted by Crippen LogP contribution is 2.67. The van der Waals surface area contributed by atoms with E-state index in [4.69, 9.17) is 56.8 Å². The lowest BCUT2D eigenvalue weighted by Gasteiger charge is -2.60. The quantitative estimate of drug-likeness (QED) is 0.0366. The molecule has 24 nitrogen and oxygen atoms in total. The van der Waals surface area contributed by atoms with Crippen molar-refractivity contribution in [2.45, 2.75) is 328 Å². The van der Waals surface area contributed by atoms with E-state index in [1.165, 1.54) is 193 Å². The van der Waals surface area contributed by atoms with Crippen LogP contribution in [0.2, 0.25) is 0 Å². The van der Waals surface area contributed by atoms with Crippen LogP contribution in [0.25, 0.3) is 0 Å². The average Bonchev–Trinajstić information content (AvgIpc) is 0.724. The molecule has 0 aromatic heterocycles. The van der Waals surface area contributed by atoms with E-state index < -0.39 is 71.6 Å². The topological polar surface area (TPSA) is 316 Å². The Bertz CT molecular complexity index is 4050. The fourth-order valence-corrected chi connectivity index (χ4v) is 31.0. The van der Waals surface area contributed by atoms with E-state index in [9.17, 15) is 57.5 Å². The molecule has 24 aliphatic carbocycles. The lowest BCUT2D eigenvalue weighted by atomic mass is 9.47. The molecule has 6 unspecified atom stereocenters. The van der Waals surface area contributed by atoms with Crippen LogP contribution in [0.5, 0.6) is 0 Å². The van der Waals surface area contributed by atoms with Crippen molar-refractivity contribution in [2.24, 2.45) is 141 Å². The summed E-state index contributed by atoms with van der Waals surface area (Å²) in [5.74, 6) is 9.09. The molecule has 0 aromatic rings. The molecule has 129 heavy (non-hydrogen) atoms. The standard InChI is InChI=1S/C19H28O4.2C18H26O4.2C17H24O4.C16H22O4/c1-4-5-19(23-17(20)11-22-18(21)12(2)3)15-7-13-6-14(9-15)10-16(19)8-13;1-4-18-8-12-5-13(9-18)7-14(6-12)16(18)22-15(19)10-21-17(20)11(2)3;1-3-5-18(22-17(20)11-21-16(19)4-2)14-7-12-6-13(9-14)10-15(18)8-12;1-10(2)16(19)20-9-15(18)21-17(3)13-5-11-4-12(7-13)8-14(17)6-11;1-3-14(18)20-10-15(19)21-16-13-6-11-5-12(7-13)9-17(16,4-2)8-11;1-3-14(17)19-9-15(18)20-16(2)12-5-10-4-11(7-12)8-13(16)6-10/h13-16H,2,4-11H2,1,3H3;12-14,16H,2,4-10H2,1,3H3;4,12-15H,2-3,5-11H2,1H3;11-14H,1,4-9H2,2-3H3;3,11-13,16H,1,4-10H2,2H3;3,10-13H,1,4-9H2,2H3. The highest BCUT2D eigenvalue weighted by atomic mass is 16.6. The van der Waals surface area contributed by atoms with E-state index >= 15 is 0 Å². The van der Waals surface area contributed by atoms with Gasteiger partial charge in [0.15, 0.2) is 39.6 Å². The van der Waals surface area contributed by atoms with Crippen molar-refractivity contribution < 1.29 is 114 Å². The average molecular weight is 1800 g/mol. The molecule has 0 radical (unpaired) electrons. The molecule has 0 N–H and O–H groups in total. The molecule has 24 rings (SSSR count). The Morgan fingerprint density at radius 1 is 0.287 bits per heavy atom. The van der Waals surface area contributed by atoms with Crippen molar-refractivity contribution in [1.29, 1.82) is 0 Å². The fourth-order valence-electron chi connectivity index (χ4n) is 31.0. The van der Waals surface area contributed by atoms with Crippen LogP contribution in [0.3, 0.4) is 0 Å². The van der Waals surface area contributed by atoms with E-state index in [0.29, 0.717) is 75.9 Å². The Morgan fingerprint density at radius 2 is 0.504 bits per heavy atom. The third kappa shape index (κ3) is 22.3. The normalized spacial score (nSPS) is 39.2. The Balaban J connectivity index is 0.000000132. The maximum atomic E-state index is 12.3. The first-order valence-electron chi connectivity index (χ1n) is 49.5. The third-order valence-electron chi connectivity index (χ3n) is 35.3. The molecular weight excluding hydrogens is 1650 g/mol. The number of rotatable bonds is 30. The van der Waals surface area contributed by atoms with Crippen molar-refractivity contribution >= 4 is 71.6 Å². The van der Waals surface area contributed by atoms with Gasteiger partial charge < -0.3 is 56.8 Å². The SMILES string of the molecule is C=C(C)C(=O)OCC(=O)OC1(C)C2CC3CC(C2)CC1C3.C=C(C)C(=O)OCC(=O)OC1(CCC)C2CC3CC(C2)CC1C3.C=C(C)C(=O)OCC(=O)OC1C2CC3CC(C2)CC1(CC)C3.C=CC(=O)OCC(=O)OC1(C)C2CC3CC(C2)CC1C3.C=CC(=O)OCC(=O)OC1(CCC)C2CC3CC(C2)CC1C3.C=CC(=O)OCC(=O)OC1C2CC3CC(C2)CC1(CC)C3. The fraction of sp³-hybridized carbons (Fsp3) is 0.771. The van der Waals surface area contributed by atoms with Crippen LogP contribution in [0.4, 0.5) is 0 Å². The summed E-state index contributed by atoms with van der Waals surface area (Å²) in [6.45, 7) is 36.2. The van der Waals surface area contributed by atoms with Gasteiger partial charge in [-0.05, 0) is 383 Å².